The van der Waals surface area contributed by atoms with E-state index in [0.717, 1.165) is 24.4 Å². The molecule has 4 heteroatoms. The highest BCUT2D eigenvalue weighted by Gasteiger charge is 2.37. The third-order valence-corrected chi connectivity index (χ3v) is 7.39. The summed E-state index contributed by atoms with van der Waals surface area (Å²) in [5, 5.41) is 3.25. The van der Waals surface area contributed by atoms with Crippen molar-refractivity contribution >= 4 is 17.5 Å². The average molecular weight is 385 g/mol. The molecule has 28 heavy (non-hydrogen) atoms. The molecule has 1 N–H and O–H groups in total. The van der Waals surface area contributed by atoms with Gasteiger partial charge in [-0.15, -0.1) is 0 Å². The van der Waals surface area contributed by atoms with Crippen LogP contribution in [0.2, 0.25) is 0 Å². The van der Waals surface area contributed by atoms with E-state index < -0.39 is 0 Å². The second-order valence-electron chi connectivity index (χ2n) is 9.57. The van der Waals surface area contributed by atoms with Gasteiger partial charge in [0.2, 0.25) is 11.8 Å². The van der Waals surface area contributed by atoms with Gasteiger partial charge in [-0.1, -0.05) is 33.3 Å². The summed E-state index contributed by atoms with van der Waals surface area (Å²) in [6.45, 7) is 11.6. The summed E-state index contributed by atoms with van der Waals surface area (Å²) in [6.07, 6.45) is 6.00. The highest BCUT2D eigenvalue weighted by molar-refractivity contribution is 6.00. The topological polar surface area (TPSA) is 49.4 Å². The molecule has 0 radical (unpaired) electrons. The number of benzene rings is 1. The zero-order chi connectivity index (χ0) is 20.5. The SMILES string of the molecule is CCC(C)(C)C1CCC(NC(=O)[C@@H]2CC(=O)N(c3ccc(C)c(C)c3)C2)CC1. The van der Waals surface area contributed by atoms with Crippen molar-refractivity contribution in [1.29, 1.82) is 0 Å². The molecule has 2 aliphatic rings. The monoisotopic (exact) mass is 384 g/mol. The lowest BCUT2D eigenvalue weighted by Gasteiger charge is -2.39. The minimum Gasteiger partial charge on any atom is -0.353 e. The van der Waals surface area contributed by atoms with E-state index in [9.17, 15) is 9.59 Å². The fourth-order valence-electron chi connectivity index (χ4n) is 4.65. The van der Waals surface area contributed by atoms with Crippen molar-refractivity contribution in [2.75, 3.05) is 11.4 Å². The van der Waals surface area contributed by atoms with Crippen molar-refractivity contribution in [3.63, 3.8) is 0 Å². The first-order chi connectivity index (χ1) is 13.2. The molecule has 2 amide bonds. The van der Waals surface area contributed by atoms with E-state index in [1.165, 1.54) is 30.4 Å². The standard InChI is InChI=1S/C24H36N2O2/c1-6-24(4,5)19-8-10-20(11-9-19)25-23(28)18-14-22(27)26(15-18)21-12-7-16(2)17(3)13-21/h7,12-13,18-20H,6,8-11,14-15H2,1-5H3,(H,25,28)/t18-,19?,20?/m1/s1. The number of anilines is 1. The Morgan fingerprint density at radius 3 is 2.43 bits per heavy atom. The van der Waals surface area contributed by atoms with E-state index in [4.69, 9.17) is 0 Å². The van der Waals surface area contributed by atoms with Crippen LogP contribution in [0.1, 0.15) is 70.4 Å². The van der Waals surface area contributed by atoms with Gasteiger partial charge in [-0.25, -0.2) is 0 Å². The zero-order valence-electron chi connectivity index (χ0n) is 18.2. The van der Waals surface area contributed by atoms with Gasteiger partial charge in [0.15, 0.2) is 0 Å². The van der Waals surface area contributed by atoms with E-state index in [1.54, 1.807) is 4.90 Å². The van der Waals surface area contributed by atoms with Crippen molar-refractivity contribution in [1.82, 2.24) is 5.32 Å². The first-order valence-corrected chi connectivity index (χ1v) is 10.9. The van der Waals surface area contributed by atoms with Crippen LogP contribution in [0, 0.1) is 31.1 Å². The maximum atomic E-state index is 12.8. The first-order valence-electron chi connectivity index (χ1n) is 10.9. The number of hydrogen-bond donors (Lipinski definition) is 1. The Kier molecular flexibility index (Phi) is 6.16. The van der Waals surface area contributed by atoms with Gasteiger partial charge >= 0.3 is 0 Å². The van der Waals surface area contributed by atoms with Crippen molar-refractivity contribution in [2.24, 2.45) is 17.3 Å². The molecule has 1 aliphatic heterocycles. The Balaban J connectivity index is 1.55. The Labute approximate surface area is 170 Å². The minimum absolute atomic E-state index is 0.0526. The van der Waals surface area contributed by atoms with Gasteiger partial charge in [0.1, 0.15) is 0 Å². The molecule has 3 rings (SSSR count). The summed E-state index contributed by atoms with van der Waals surface area (Å²) in [4.78, 5) is 27.1. The quantitative estimate of drug-likeness (QED) is 0.795. The van der Waals surface area contributed by atoms with Gasteiger partial charge in [-0.05, 0) is 74.1 Å². The lowest BCUT2D eigenvalue weighted by atomic mass is 9.69. The van der Waals surface area contributed by atoms with E-state index in [0.29, 0.717) is 18.4 Å². The van der Waals surface area contributed by atoms with Crippen LogP contribution < -0.4 is 10.2 Å². The minimum atomic E-state index is -0.237. The molecular formula is C24H36N2O2. The summed E-state index contributed by atoms with van der Waals surface area (Å²) < 4.78 is 0. The summed E-state index contributed by atoms with van der Waals surface area (Å²) in [5.74, 6) is 0.618. The summed E-state index contributed by atoms with van der Waals surface area (Å²) in [7, 11) is 0. The first kappa shape index (κ1) is 20.9. The van der Waals surface area contributed by atoms with Gasteiger partial charge in [0, 0.05) is 24.7 Å². The summed E-state index contributed by atoms with van der Waals surface area (Å²) in [5.41, 5.74) is 3.68. The van der Waals surface area contributed by atoms with Crippen molar-refractivity contribution in [2.45, 2.75) is 79.2 Å². The van der Waals surface area contributed by atoms with Gasteiger partial charge in [0.25, 0.3) is 0 Å². The number of nitrogens with zero attached hydrogens (tertiary/aromatic N) is 1. The van der Waals surface area contributed by atoms with Crippen molar-refractivity contribution in [3.8, 4) is 0 Å². The Morgan fingerprint density at radius 1 is 1.14 bits per heavy atom. The van der Waals surface area contributed by atoms with E-state index in [2.05, 4.69) is 39.9 Å². The summed E-state index contributed by atoms with van der Waals surface area (Å²) in [6, 6.07) is 6.34. The van der Waals surface area contributed by atoms with Gasteiger partial charge in [-0.3, -0.25) is 9.59 Å². The van der Waals surface area contributed by atoms with Gasteiger partial charge in [-0.2, -0.15) is 0 Å². The van der Waals surface area contributed by atoms with Crippen LogP contribution in [0.3, 0.4) is 0 Å². The maximum Gasteiger partial charge on any atom is 0.227 e. The van der Waals surface area contributed by atoms with Crippen LogP contribution in [0.4, 0.5) is 5.69 Å². The molecule has 4 nitrogen and oxygen atoms in total. The third kappa shape index (κ3) is 4.42. The molecule has 0 spiro atoms. The van der Waals surface area contributed by atoms with Crippen LogP contribution in [-0.2, 0) is 9.59 Å². The van der Waals surface area contributed by atoms with E-state index >= 15 is 0 Å². The highest BCUT2D eigenvalue weighted by atomic mass is 16.2. The lowest BCUT2D eigenvalue weighted by Crippen LogP contribution is -2.43. The number of nitrogens with one attached hydrogen (secondary N) is 1. The van der Waals surface area contributed by atoms with Crippen molar-refractivity contribution in [3.05, 3.63) is 29.3 Å². The molecule has 2 fully saturated rings. The number of carbonyl (C=O) groups excluding carboxylic acids is 2. The van der Waals surface area contributed by atoms with Crippen LogP contribution in [0.25, 0.3) is 0 Å². The normalized spacial score (nSPS) is 25.8. The molecule has 154 valence electrons. The number of amides is 2. The third-order valence-electron chi connectivity index (χ3n) is 7.39. The summed E-state index contributed by atoms with van der Waals surface area (Å²) >= 11 is 0. The predicted molar refractivity (Wildman–Crippen MR) is 114 cm³/mol. The largest absolute Gasteiger partial charge is 0.353 e. The van der Waals surface area contributed by atoms with Crippen LogP contribution in [0.5, 0.6) is 0 Å². The fourth-order valence-corrected chi connectivity index (χ4v) is 4.65. The fraction of sp³-hybridized carbons (Fsp3) is 0.667. The molecular weight excluding hydrogens is 348 g/mol. The highest BCUT2D eigenvalue weighted by Crippen LogP contribution is 2.40. The average Bonchev–Trinajstić information content (AvgIpc) is 3.06. The number of rotatable bonds is 5. The zero-order valence-corrected chi connectivity index (χ0v) is 18.2. The number of aryl methyl sites for hydroxylation is 2. The van der Waals surface area contributed by atoms with Gasteiger partial charge < -0.3 is 10.2 Å². The van der Waals surface area contributed by atoms with Gasteiger partial charge in [0.05, 0.1) is 5.92 Å². The van der Waals surface area contributed by atoms with Crippen LogP contribution >= 0.6 is 0 Å². The maximum absolute atomic E-state index is 12.8. The van der Waals surface area contributed by atoms with Crippen LogP contribution in [-0.4, -0.2) is 24.4 Å². The predicted octanol–water partition coefficient (Wildman–Crippen LogP) is 4.77. The molecule has 1 atom stereocenters. The number of carbonyl (C=O) groups is 2. The Bertz CT molecular complexity index is 732. The molecule has 1 aromatic rings. The molecule has 1 aliphatic carbocycles. The molecule has 0 unspecified atom stereocenters. The molecule has 1 saturated carbocycles. The molecule has 1 heterocycles. The van der Waals surface area contributed by atoms with Crippen molar-refractivity contribution < 1.29 is 9.59 Å². The second-order valence-corrected chi connectivity index (χ2v) is 9.57. The molecule has 0 bridgehead atoms. The second kappa shape index (κ2) is 8.26. The lowest BCUT2D eigenvalue weighted by molar-refractivity contribution is -0.127. The molecule has 1 aromatic carbocycles. The molecule has 0 aromatic heterocycles. The van der Waals surface area contributed by atoms with Crippen LogP contribution in [0.15, 0.2) is 18.2 Å². The Morgan fingerprint density at radius 2 is 1.82 bits per heavy atom. The van der Waals surface area contributed by atoms with E-state index in [-0.39, 0.29) is 23.8 Å². The Hall–Kier alpha value is -1.84. The molecule has 1 saturated heterocycles. The van der Waals surface area contributed by atoms with E-state index in [1.807, 2.05) is 18.2 Å². The number of hydrogen-bond acceptors (Lipinski definition) is 2. The smallest absolute Gasteiger partial charge is 0.227 e.